The second-order valence-corrected chi connectivity index (χ2v) is 6.08. The lowest BCUT2D eigenvalue weighted by molar-refractivity contribution is -0.122. The molecule has 2 atom stereocenters. The van der Waals surface area contributed by atoms with Gasteiger partial charge in [0.2, 0.25) is 5.91 Å². The van der Waals surface area contributed by atoms with Crippen LogP contribution < -0.4 is 10.6 Å². The predicted octanol–water partition coefficient (Wildman–Crippen LogP) is 1.21. The average Bonchev–Trinajstić information content (AvgIpc) is 2.92. The third-order valence-corrected chi connectivity index (χ3v) is 4.30. The van der Waals surface area contributed by atoms with Crippen molar-refractivity contribution in [3.05, 3.63) is 35.6 Å². The van der Waals surface area contributed by atoms with E-state index in [1.54, 1.807) is 17.8 Å². The first kappa shape index (κ1) is 15.3. The molecule has 1 aliphatic rings. The molecular weight excluding hydrogens is 277 g/mol. The number of hydrogen-bond acceptors (Lipinski definition) is 4. The molecule has 110 valence electrons. The van der Waals surface area contributed by atoms with Crippen LogP contribution in [-0.2, 0) is 4.79 Å². The van der Waals surface area contributed by atoms with Crippen molar-refractivity contribution in [1.82, 2.24) is 15.5 Å². The number of nitrogens with zero attached hydrogens (tertiary/aromatic N) is 1. The van der Waals surface area contributed by atoms with Crippen LogP contribution in [0.5, 0.6) is 0 Å². The van der Waals surface area contributed by atoms with E-state index in [2.05, 4.69) is 10.6 Å². The van der Waals surface area contributed by atoms with Crippen molar-refractivity contribution in [2.45, 2.75) is 12.1 Å². The van der Waals surface area contributed by atoms with Crippen LogP contribution in [0.4, 0.5) is 4.39 Å². The van der Waals surface area contributed by atoms with Crippen LogP contribution >= 0.6 is 11.8 Å². The van der Waals surface area contributed by atoms with E-state index in [0.29, 0.717) is 6.54 Å². The van der Waals surface area contributed by atoms with Gasteiger partial charge < -0.3 is 10.2 Å². The molecule has 6 heteroatoms. The number of carbonyl (C=O) groups excluding carboxylic acids is 1. The van der Waals surface area contributed by atoms with Gasteiger partial charge in [0, 0.05) is 18.2 Å². The molecule has 2 N–H and O–H groups in total. The molecule has 20 heavy (non-hydrogen) atoms. The van der Waals surface area contributed by atoms with Crippen LogP contribution in [0.15, 0.2) is 24.3 Å². The summed E-state index contributed by atoms with van der Waals surface area (Å²) >= 11 is 1.72. The van der Waals surface area contributed by atoms with Crippen LogP contribution in [0.1, 0.15) is 11.6 Å². The van der Waals surface area contributed by atoms with Crippen molar-refractivity contribution >= 4 is 17.7 Å². The Bertz CT molecular complexity index is 463. The lowest BCUT2D eigenvalue weighted by Gasteiger charge is -2.25. The molecule has 0 aliphatic carbocycles. The highest BCUT2D eigenvalue weighted by Crippen LogP contribution is 2.18. The summed E-state index contributed by atoms with van der Waals surface area (Å²) in [5, 5.41) is 6.08. The van der Waals surface area contributed by atoms with E-state index in [9.17, 15) is 9.18 Å². The van der Waals surface area contributed by atoms with Gasteiger partial charge in [-0.25, -0.2) is 4.39 Å². The van der Waals surface area contributed by atoms with Gasteiger partial charge >= 0.3 is 0 Å². The van der Waals surface area contributed by atoms with E-state index >= 15 is 0 Å². The fraction of sp³-hybridized carbons (Fsp3) is 0.500. The second kappa shape index (κ2) is 7.06. The summed E-state index contributed by atoms with van der Waals surface area (Å²) < 4.78 is 13.3. The summed E-state index contributed by atoms with van der Waals surface area (Å²) in [6.45, 7) is 0.470. The van der Waals surface area contributed by atoms with E-state index in [1.165, 1.54) is 12.1 Å². The fourth-order valence-corrected chi connectivity index (χ4v) is 3.14. The minimum absolute atomic E-state index is 0.0123. The van der Waals surface area contributed by atoms with Crippen molar-refractivity contribution in [3.8, 4) is 0 Å². The second-order valence-electron chi connectivity index (χ2n) is 5.05. The maximum atomic E-state index is 13.3. The molecule has 2 rings (SSSR count). The molecule has 0 saturated carbocycles. The summed E-state index contributed by atoms with van der Waals surface area (Å²) in [7, 11) is 3.84. The first-order valence-corrected chi connectivity index (χ1v) is 7.74. The molecule has 0 bridgehead atoms. The maximum absolute atomic E-state index is 13.3. The fourth-order valence-electron chi connectivity index (χ4n) is 2.20. The monoisotopic (exact) mass is 297 g/mol. The zero-order valence-corrected chi connectivity index (χ0v) is 12.5. The van der Waals surface area contributed by atoms with Gasteiger partial charge in [-0.05, 0) is 31.8 Å². The Morgan fingerprint density at radius 1 is 1.60 bits per heavy atom. The number of amides is 1. The first-order chi connectivity index (χ1) is 9.58. The molecule has 0 radical (unpaired) electrons. The van der Waals surface area contributed by atoms with Crippen LogP contribution in [-0.4, -0.2) is 49.1 Å². The lowest BCUT2D eigenvalue weighted by atomic mass is 10.1. The summed E-state index contributed by atoms with van der Waals surface area (Å²) in [6.07, 6.45) is 0. The number of nitrogens with one attached hydrogen (secondary N) is 2. The third kappa shape index (κ3) is 3.94. The number of likely N-dealkylation sites (N-methyl/N-ethyl adjacent to an activating group) is 1. The molecule has 0 aromatic heterocycles. The van der Waals surface area contributed by atoms with Crippen LogP contribution in [0.3, 0.4) is 0 Å². The van der Waals surface area contributed by atoms with Gasteiger partial charge in [-0.3, -0.25) is 10.1 Å². The van der Waals surface area contributed by atoms with E-state index < -0.39 is 0 Å². The van der Waals surface area contributed by atoms with Gasteiger partial charge in [0.15, 0.2) is 0 Å². The molecule has 1 aliphatic heterocycles. The zero-order valence-electron chi connectivity index (χ0n) is 11.7. The van der Waals surface area contributed by atoms with Gasteiger partial charge in [0.1, 0.15) is 5.82 Å². The molecule has 1 aromatic rings. The van der Waals surface area contributed by atoms with Crippen molar-refractivity contribution < 1.29 is 9.18 Å². The molecule has 1 aromatic carbocycles. The summed E-state index contributed by atoms with van der Waals surface area (Å²) in [5.74, 6) is 1.38. The lowest BCUT2D eigenvalue weighted by Crippen LogP contribution is -2.44. The van der Waals surface area contributed by atoms with Gasteiger partial charge in [-0.1, -0.05) is 12.1 Å². The quantitative estimate of drug-likeness (QED) is 0.857. The molecule has 1 heterocycles. The van der Waals surface area contributed by atoms with Gasteiger partial charge in [0.05, 0.1) is 12.1 Å². The Hall–Kier alpha value is -1.11. The van der Waals surface area contributed by atoms with Gasteiger partial charge in [-0.2, -0.15) is 0 Å². The smallest absolute Gasteiger partial charge is 0.238 e. The van der Waals surface area contributed by atoms with Gasteiger partial charge in [-0.15, -0.1) is 11.8 Å². The first-order valence-electron chi connectivity index (χ1n) is 6.58. The Morgan fingerprint density at radius 3 is 3.00 bits per heavy atom. The number of hydrogen-bond donors (Lipinski definition) is 2. The van der Waals surface area contributed by atoms with Crippen LogP contribution in [0.2, 0.25) is 0 Å². The van der Waals surface area contributed by atoms with Gasteiger partial charge in [0.25, 0.3) is 0 Å². The molecule has 1 fully saturated rings. The standard InChI is InChI=1S/C14H20FN3OS/c1-18(2)13(10-4-3-5-11(15)6-10)7-16-14(19)12-8-20-9-17-12/h3-6,12-13,17H,7-9H2,1-2H3,(H,16,19). The van der Waals surface area contributed by atoms with Crippen molar-refractivity contribution in [2.24, 2.45) is 0 Å². The Kier molecular flexibility index (Phi) is 5.39. The highest BCUT2D eigenvalue weighted by atomic mass is 32.2. The Labute approximate surface area is 123 Å². The number of rotatable bonds is 5. The number of halogens is 1. The minimum atomic E-state index is -0.255. The van der Waals surface area contributed by atoms with E-state index in [1.807, 2.05) is 25.1 Å². The number of benzene rings is 1. The SMILES string of the molecule is CN(C)C(CNC(=O)C1CSCN1)c1cccc(F)c1. The van der Waals surface area contributed by atoms with Crippen molar-refractivity contribution in [3.63, 3.8) is 0 Å². The number of thioether (sulfide) groups is 1. The highest BCUT2D eigenvalue weighted by Gasteiger charge is 2.23. The topological polar surface area (TPSA) is 44.4 Å². The van der Waals surface area contributed by atoms with Crippen molar-refractivity contribution in [1.29, 1.82) is 0 Å². The minimum Gasteiger partial charge on any atom is -0.353 e. The van der Waals surface area contributed by atoms with Crippen molar-refractivity contribution in [2.75, 3.05) is 32.3 Å². The molecule has 1 saturated heterocycles. The normalized spacial score (nSPS) is 20.1. The third-order valence-electron chi connectivity index (χ3n) is 3.36. The molecule has 0 spiro atoms. The predicted molar refractivity (Wildman–Crippen MR) is 80.1 cm³/mol. The van der Waals surface area contributed by atoms with E-state index in [-0.39, 0.29) is 23.8 Å². The Balaban J connectivity index is 1.97. The Morgan fingerprint density at radius 2 is 2.40 bits per heavy atom. The summed E-state index contributed by atoms with van der Waals surface area (Å²) in [5.41, 5.74) is 0.865. The molecule has 1 amide bonds. The van der Waals surface area contributed by atoms with Crippen LogP contribution in [0, 0.1) is 5.82 Å². The molecule has 2 unspecified atom stereocenters. The molecular formula is C14H20FN3OS. The summed E-state index contributed by atoms with van der Waals surface area (Å²) in [4.78, 5) is 14.0. The van der Waals surface area contributed by atoms with E-state index in [0.717, 1.165) is 17.2 Å². The zero-order chi connectivity index (χ0) is 14.5. The largest absolute Gasteiger partial charge is 0.353 e. The molecule has 4 nitrogen and oxygen atoms in total. The maximum Gasteiger partial charge on any atom is 0.238 e. The highest BCUT2D eigenvalue weighted by molar-refractivity contribution is 7.99. The van der Waals surface area contributed by atoms with E-state index in [4.69, 9.17) is 0 Å². The summed E-state index contributed by atoms with van der Waals surface area (Å²) in [6, 6.07) is 6.36. The average molecular weight is 297 g/mol. The van der Waals surface area contributed by atoms with Crippen LogP contribution in [0.25, 0.3) is 0 Å². The number of carbonyl (C=O) groups is 1.